The van der Waals surface area contributed by atoms with E-state index in [4.69, 9.17) is 0 Å². The van der Waals surface area contributed by atoms with Crippen LogP contribution in [0.2, 0.25) is 0 Å². The molecule has 7 heteroatoms. The zero-order valence-corrected chi connectivity index (χ0v) is 20.0. The van der Waals surface area contributed by atoms with E-state index < -0.39 is 0 Å². The lowest BCUT2D eigenvalue weighted by atomic mass is 9.95. The SMILES string of the molecule is Cc1ccc(NC(=O)C2CCN(C(=O)c3cnn(-c4ccccc4)c3-n3cccc3)CC2)c(C)c1. The molecule has 7 nitrogen and oxygen atoms in total. The van der Waals surface area contributed by atoms with E-state index in [1.165, 1.54) is 5.56 Å². The highest BCUT2D eigenvalue weighted by Gasteiger charge is 2.30. The number of nitrogens with zero attached hydrogens (tertiary/aromatic N) is 4. The first-order valence-electron chi connectivity index (χ1n) is 12.0. The smallest absolute Gasteiger partial charge is 0.259 e. The monoisotopic (exact) mass is 467 g/mol. The Labute approximate surface area is 205 Å². The van der Waals surface area contributed by atoms with E-state index in [1.807, 2.05) is 90.3 Å². The van der Waals surface area contributed by atoms with Crippen molar-refractivity contribution in [2.75, 3.05) is 18.4 Å². The first-order chi connectivity index (χ1) is 17.0. The zero-order valence-electron chi connectivity index (χ0n) is 20.0. The van der Waals surface area contributed by atoms with Crippen molar-refractivity contribution >= 4 is 17.5 Å². The minimum absolute atomic E-state index is 0.0222. The Morgan fingerprint density at radius 3 is 2.34 bits per heavy atom. The number of piperidine rings is 1. The summed E-state index contributed by atoms with van der Waals surface area (Å²) in [5.74, 6) is 0.551. The third kappa shape index (κ3) is 4.62. The minimum atomic E-state index is -0.115. The Balaban J connectivity index is 1.31. The van der Waals surface area contributed by atoms with Gasteiger partial charge in [0.05, 0.1) is 11.9 Å². The molecule has 0 spiro atoms. The largest absolute Gasteiger partial charge is 0.338 e. The molecule has 1 aliphatic heterocycles. The number of hydrogen-bond donors (Lipinski definition) is 1. The van der Waals surface area contributed by atoms with E-state index in [1.54, 1.807) is 10.9 Å². The lowest BCUT2D eigenvalue weighted by Gasteiger charge is -2.31. The van der Waals surface area contributed by atoms with Gasteiger partial charge in [0.25, 0.3) is 5.91 Å². The van der Waals surface area contributed by atoms with Crippen molar-refractivity contribution in [2.45, 2.75) is 26.7 Å². The molecule has 178 valence electrons. The van der Waals surface area contributed by atoms with Gasteiger partial charge in [-0.15, -0.1) is 0 Å². The molecule has 0 aliphatic carbocycles. The van der Waals surface area contributed by atoms with Crippen molar-refractivity contribution in [1.82, 2.24) is 19.2 Å². The van der Waals surface area contributed by atoms with Gasteiger partial charge in [-0.25, -0.2) is 4.68 Å². The highest BCUT2D eigenvalue weighted by atomic mass is 16.2. The standard InChI is InChI=1S/C28H29N5O2/c1-20-10-11-25(21(2)18-20)30-26(34)22-12-16-32(17-13-22)28(35)24-19-29-33(23-8-4-3-5-9-23)27(24)31-14-6-7-15-31/h3-11,14-15,18-19,22H,12-13,16-17H2,1-2H3,(H,30,34). The summed E-state index contributed by atoms with van der Waals surface area (Å²) in [4.78, 5) is 28.3. The molecule has 0 atom stereocenters. The second-order valence-electron chi connectivity index (χ2n) is 9.09. The van der Waals surface area contributed by atoms with Gasteiger partial charge in [-0.05, 0) is 62.6 Å². The Bertz CT molecular complexity index is 1330. The van der Waals surface area contributed by atoms with Crippen LogP contribution in [0.5, 0.6) is 0 Å². The molecule has 2 aromatic carbocycles. The van der Waals surface area contributed by atoms with Crippen LogP contribution < -0.4 is 5.32 Å². The molecule has 0 unspecified atom stereocenters. The molecule has 1 fully saturated rings. The number of anilines is 1. The maximum atomic E-state index is 13.6. The van der Waals surface area contributed by atoms with Gasteiger partial charge in [-0.1, -0.05) is 35.9 Å². The van der Waals surface area contributed by atoms with Gasteiger partial charge < -0.3 is 14.8 Å². The molecule has 3 heterocycles. The number of carbonyl (C=O) groups excluding carboxylic acids is 2. The molecular formula is C28H29N5O2. The Hall–Kier alpha value is -4.13. The van der Waals surface area contributed by atoms with Gasteiger partial charge in [-0.3, -0.25) is 9.59 Å². The van der Waals surface area contributed by atoms with E-state index in [-0.39, 0.29) is 17.7 Å². The number of para-hydroxylation sites is 1. The van der Waals surface area contributed by atoms with Crippen LogP contribution in [0.1, 0.15) is 34.3 Å². The first-order valence-corrected chi connectivity index (χ1v) is 12.0. The number of carbonyl (C=O) groups is 2. The first kappa shape index (κ1) is 22.7. The highest BCUT2D eigenvalue weighted by Crippen LogP contribution is 2.26. The number of likely N-dealkylation sites (tertiary alicyclic amines) is 1. The maximum Gasteiger partial charge on any atom is 0.259 e. The van der Waals surface area contributed by atoms with Gasteiger partial charge in [-0.2, -0.15) is 5.10 Å². The molecule has 5 rings (SSSR count). The molecular weight excluding hydrogens is 438 g/mol. The van der Waals surface area contributed by atoms with Gasteiger partial charge >= 0.3 is 0 Å². The molecule has 1 saturated heterocycles. The molecule has 2 amide bonds. The van der Waals surface area contributed by atoms with Crippen LogP contribution in [0.25, 0.3) is 11.5 Å². The average Bonchev–Trinajstić information content (AvgIpc) is 3.56. The van der Waals surface area contributed by atoms with E-state index in [0.717, 1.165) is 16.9 Å². The normalized spacial score (nSPS) is 14.2. The second-order valence-corrected chi connectivity index (χ2v) is 9.09. The van der Waals surface area contributed by atoms with Crippen LogP contribution in [0, 0.1) is 19.8 Å². The van der Waals surface area contributed by atoms with Gasteiger partial charge in [0.1, 0.15) is 5.56 Å². The van der Waals surface area contributed by atoms with Crippen LogP contribution in [-0.4, -0.2) is 44.2 Å². The molecule has 1 N–H and O–H groups in total. The third-order valence-corrected chi connectivity index (χ3v) is 6.62. The maximum absolute atomic E-state index is 13.6. The summed E-state index contributed by atoms with van der Waals surface area (Å²) < 4.78 is 3.70. The molecule has 4 aromatic rings. The van der Waals surface area contributed by atoms with E-state index in [9.17, 15) is 9.59 Å². The summed E-state index contributed by atoms with van der Waals surface area (Å²) in [5, 5.41) is 7.62. The number of aryl methyl sites for hydroxylation is 2. The van der Waals surface area contributed by atoms with Crippen molar-refractivity contribution < 1.29 is 9.59 Å². The number of rotatable bonds is 5. The quantitative estimate of drug-likeness (QED) is 0.460. The summed E-state index contributed by atoms with van der Waals surface area (Å²) in [7, 11) is 0. The summed E-state index contributed by atoms with van der Waals surface area (Å²) in [6, 6.07) is 19.7. The molecule has 2 aromatic heterocycles. The number of amides is 2. The summed E-state index contributed by atoms with van der Waals surface area (Å²) in [5.41, 5.74) is 4.50. The molecule has 0 saturated carbocycles. The van der Waals surface area contributed by atoms with Crippen LogP contribution in [0.4, 0.5) is 5.69 Å². The Kier molecular flexibility index (Phi) is 6.23. The Morgan fingerprint density at radius 2 is 1.66 bits per heavy atom. The van der Waals surface area contributed by atoms with Crippen LogP contribution in [0.3, 0.4) is 0 Å². The second kappa shape index (κ2) is 9.62. The predicted octanol–water partition coefficient (Wildman–Crippen LogP) is 4.77. The molecule has 1 aliphatic rings. The van der Waals surface area contributed by atoms with Crippen molar-refractivity contribution in [2.24, 2.45) is 5.92 Å². The molecule has 0 bridgehead atoms. The predicted molar refractivity (Wildman–Crippen MR) is 136 cm³/mol. The minimum Gasteiger partial charge on any atom is -0.338 e. The fourth-order valence-corrected chi connectivity index (χ4v) is 4.68. The third-order valence-electron chi connectivity index (χ3n) is 6.62. The van der Waals surface area contributed by atoms with Crippen molar-refractivity contribution in [1.29, 1.82) is 0 Å². The summed E-state index contributed by atoms with van der Waals surface area (Å²) >= 11 is 0. The van der Waals surface area contributed by atoms with Gasteiger partial charge in [0.15, 0.2) is 5.82 Å². The average molecular weight is 468 g/mol. The van der Waals surface area contributed by atoms with E-state index >= 15 is 0 Å². The van der Waals surface area contributed by atoms with Crippen molar-refractivity contribution in [3.05, 3.63) is 95.9 Å². The summed E-state index contributed by atoms with van der Waals surface area (Å²) in [6.07, 6.45) is 6.74. The van der Waals surface area contributed by atoms with E-state index in [0.29, 0.717) is 37.3 Å². The van der Waals surface area contributed by atoms with Gasteiger partial charge in [0.2, 0.25) is 5.91 Å². The number of aromatic nitrogens is 3. The molecule has 0 radical (unpaired) electrons. The fourth-order valence-electron chi connectivity index (χ4n) is 4.68. The zero-order chi connectivity index (χ0) is 24.4. The lowest BCUT2D eigenvalue weighted by Crippen LogP contribution is -2.41. The number of hydrogen-bond acceptors (Lipinski definition) is 3. The van der Waals surface area contributed by atoms with Gasteiger partial charge in [0, 0.05) is 37.1 Å². The lowest BCUT2D eigenvalue weighted by molar-refractivity contribution is -0.121. The summed E-state index contributed by atoms with van der Waals surface area (Å²) in [6.45, 7) is 5.11. The highest BCUT2D eigenvalue weighted by molar-refractivity contribution is 5.98. The van der Waals surface area contributed by atoms with Crippen LogP contribution in [-0.2, 0) is 4.79 Å². The van der Waals surface area contributed by atoms with Crippen LogP contribution in [0.15, 0.2) is 79.3 Å². The van der Waals surface area contributed by atoms with Crippen molar-refractivity contribution in [3.8, 4) is 11.5 Å². The fraction of sp³-hybridized carbons (Fsp3) is 0.250. The Morgan fingerprint density at radius 1 is 0.943 bits per heavy atom. The van der Waals surface area contributed by atoms with Crippen LogP contribution >= 0.6 is 0 Å². The topological polar surface area (TPSA) is 72.2 Å². The number of nitrogens with one attached hydrogen (secondary N) is 1. The van der Waals surface area contributed by atoms with Crippen molar-refractivity contribution in [3.63, 3.8) is 0 Å². The van der Waals surface area contributed by atoms with E-state index in [2.05, 4.69) is 16.5 Å². The molecule has 35 heavy (non-hydrogen) atoms. The number of benzene rings is 2.